The summed E-state index contributed by atoms with van der Waals surface area (Å²) < 4.78 is 5.52. The highest BCUT2D eigenvalue weighted by Gasteiger charge is 2.33. The zero-order valence-electron chi connectivity index (χ0n) is 11.9. The predicted octanol–water partition coefficient (Wildman–Crippen LogP) is 2.27. The van der Waals surface area contributed by atoms with Gasteiger partial charge >= 0.3 is 0 Å². The van der Waals surface area contributed by atoms with Gasteiger partial charge < -0.3 is 15.4 Å². The number of fused-ring (bicyclic) bond motifs is 1. The van der Waals surface area contributed by atoms with Gasteiger partial charge in [0.2, 0.25) is 5.91 Å². The minimum absolute atomic E-state index is 0.0498. The third-order valence-corrected chi connectivity index (χ3v) is 4.26. The van der Waals surface area contributed by atoms with Crippen LogP contribution in [-0.4, -0.2) is 31.2 Å². The Hall–Kier alpha value is -1.55. The van der Waals surface area contributed by atoms with Crippen LogP contribution in [0.2, 0.25) is 0 Å². The van der Waals surface area contributed by atoms with Crippen LogP contribution in [0.15, 0.2) is 24.3 Å². The number of para-hydroxylation sites is 1. The maximum Gasteiger partial charge on any atom is 0.228 e. The van der Waals surface area contributed by atoms with E-state index in [9.17, 15) is 4.79 Å². The van der Waals surface area contributed by atoms with Gasteiger partial charge in [0.15, 0.2) is 0 Å². The quantitative estimate of drug-likeness (QED) is 0.870. The summed E-state index contributed by atoms with van der Waals surface area (Å²) in [5.74, 6) is 0.0816. The SMILES string of the molecule is CC1(NC(=O)C2CCNc3ccccc32)CCCOC1. The molecule has 2 atom stereocenters. The zero-order valence-corrected chi connectivity index (χ0v) is 11.9. The molecule has 1 fully saturated rings. The van der Waals surface area contributed by atoms with Gasteiger partial charge in [0.05, 0.1) is 18.1 Å². The molecular weight excluding hydrogens is 252 g/mol. The molecule has 0 aliphatic carbocycles. The lowest BCUT2D eigenvalue weighted by atomic mass is 9.88. The van der Waals surface area contributed by atoms with Crippen molar-refractivity contribution < 1.29 is 9.53 Å². The van der Waals surface area contributed by atoms with Crippen molar-refractivity contribution in [3.05, 3.63) is 29.8 Å². The lowest BCUT2D eigenvalue weighted by molar-refractivity contribution is -0.126. The molecule has 1 aromatic carbocycles. The molecule has 0 bridgehead atoms. The maximum absolute atomic E-state index is 12.6. The van der Waals surface area contributed by atoms with Gasteiger partial charge in [0, 0.05) is 18.8 Å². The average Bonchev–Trinajstić information content (AvgIpc) is 2.47. The van der Waals surface area contributed by atoms with Crippen molar-refractivity contribution in [2.45, 2.75) is 37.6 Å². The topological polar surface area (TPSA) is 50.4 Å². The molecule has 2 N–H and O–H groups in total. The molecule has 2 unspecified atom stereocenters. The number of carbonyl (C=O) groups excluding carboxylic acids is 1. The van der Waals surface area contributed by atoms with E-state index in [-0.39, 0.29) is 17.4 Å². The molecule has 0 aromatic heterocycles. The summed E-state index contributed by atoms with van der Waals surface area (Å²) in [4.78, 5) is 12.6. The highest BCUT2D eigenvalue weighted by atomic mass is 16.5. The molecule has 1 aromatic rings. The largest absolute Gasteiger partial charge is 0.385 e. The van der Waals surface area contributed by atoms with Gasteiger partial charge in [-0.2, -0.15) is 0 Å². The molecule has 20 heavy (non-hydrogen) atoms. The summed E-state index contributed by atoms with van der Waals surface area (Å²) in [6.07, 6.45) is 2.85. The third-order valence-electron chi connectivity index (χ3n) is 4.26. The van der Waals surface area contributed by atoms with Gasteiger partial charge in [-0.1, -0.05) is 18.2 Å². The van der Waals surface area contributed by atoms with Crippen molar-refractivity contribution in [2.75, 3.05) is 25.1 Å². The standard InChI is InChI=1S/C16H22N2O2/c1-16(8-4-10-20-11-16)18-15(19)13-7-9-17-14-6-3-2-5-12(13)14/h2-3,5-6,13,17H,4,7-11H2,1H3,(H,18,19). The van der Waals surface area contributed by atoms with E-state index >= 15 is 0 Å². The molecule has 3 rings (SSSR count). The highest BCUT2D eigenvalue weighted by Crippen LogP contribution is 2.32. The second-order valence-electron chi connectivity index (χ2n) is 6.06. The lowest BCUT2D eigenvalue weighted by Gasteiger charge is -2.36. The van der Waals surface area contributed by atoms with Crippen LogP contribution in [-0.2, 0) is 9.53 Å². The molecule has 1 saturated heterocycles. The summed E-state index contributed by atoms with van der Waals surface area (Å²) in [7, 11) is 0. The van der Waals surface area contributed by atoms with Crippen LogP contribution in [0.1, 0.15) is 37.7 Å². The van der Waals surface area contributed by atoms with Crippen molar-refractivity contribution in [3.8, 4) is 0 Å². The Balaban J connectivity index is 1.75. The van der Waals surface area contributed by atoms with E-state index in [0.29, 0.717) is 6.61 Å². The van der Waals surface area contributed by atoms with Gasteiger partial charge in [-0.15, -0.1) is 0 Å². The van der Waals surface area contributed by atoms with Gasteiger partial charge in [0.25, 0.3) is 0 Å². The van der Waals surface area contributed by atoms with Gasteiger partial charge in [-0.25, -0.2) is 0 Å². The number of anilines is 1. The van der Waals surface area contributed by atoms with Gasteiger partial charge in [-0.3, -0.25) is 4.79 Å². The van der Waals surface area contributed by atoms with E-state index in [1.165, 1.54) is 0 Å². The van der Waals surface area contributed by atoms with Gasteiger partial charge in [0.1, 0.15) is 0 Å². The number of ether oxygens (including phenoxy) is 1. The lowest BCUT2D eigenvalue weighted by Crippen LogP contribution is -2.53. The highest BCUT2D eigenvalue weighted by molar-refractivity contribution is 5.86. The van der Waals surface area contributed by atoms with E-state index in [1.54, 1.807) is 0 Å². The Labute approximate surface area is 119 Å². The molecular formula is C16H22N2O2. The van der Waals surface area contributed by atoms with Crippen molar-refractivity contribution in [3.63, 3.8) is 0 Å². The van der Waals surface area contributed by atoms with Crippen LogP contribution in [0.4, 0.5) is 5.69 Å². The Bertz CT molecular complexity index is 495. The molecule has 2 aliphatic heterocycles. The Morgan fingerprint density at radius 2 is 2.30 bits per heavy atom. The Morgan fingerprint density at radius 3 is 3.10 bits per heavy atom. The third kappa shape index (κ3) is 2.66. The van der Waals surface area contributed by atoms with Crippen LogP contribution in [0.5, 0.6) is 0 Å². The summed E-state index contributed by atoms with van der Waals surface area (Å²) in [5, 5.41) is 6.57. The normalized spacial score (nSPS) is 29.1. The van der Waals surface area contributed by atoms with Crippen LogP contribution in [0, 0.1) is 0 Å². The molecule has 2 aliphatic rings. The molecule has 108 valence electrons. The summed E-state index contributed by atoms with van der Waals surface area (Å²) >= 11 is 0. The number of carbonyl (C=O) groups is 1. The minimum Gasteiger partial charge on any atom is -0.385 e. The van der Waals surface area contributed by atoms with Crippen LogP contribution in [0.25, 0.3) is 0 Å². The number of hydrogen-bond acceptors (Lipinski definition) is 3. The molecule has 2 heterocycles. The fraction of sp³-hybridized carbons (Fsp3) is 0.562. The molecule has 1 amide bonds. The molecule has 4 nitrogen and oxygen atoms in total. The van der Waals surface area contributed by atoms with Crippen molar-refractivity contribution in [1.29, 1.82) is 0 Å². The van der Waals surface area contributed by atoms with E-state index in [4.69, 9.17) is 4.74 Å². The second kappa shape index (κ2) is 5.44. The monoisotopic (exact) mass is 274 g/mol. The maximum atomic E-state index is 12.6. The number of amides is 1. The smallest absolute Gasteiger partial charge is 0.228 e. The van der Waals surface area contributed by atoms with Crippen molar-refractivity contribution in [2.24, 2.45) is 0 Å². The van der Waals surface area contributed by atoms with Gasteiger partial charge in [-0.05, 0) is 37.8 Å². The predicted molar refractivity (Wildman–Crippen MR) is 78.9 cm³/mol. The number of benzene rings is 1. The number of rotatable bonds is 2. The Kier molecular flexibility index (Phi) is 3.66. The van der Waals surface area contributed by atoms with Crippen LogP contribution >= 0.6 is 0 Å². The summed E-state index contributed by atoms with van der Waals surface area (Å²) in [6, 6.07) is 8.09. The zero-order chi connectivity index (χ0) is 14.0. The van der Waals surface area contributed by atoms with E-state index in [2.05, 4.69) is 17.6 Å². The van der Waals surface area contributed by atoms with Crippen molar-refractivity contribution >= 4 is 11.6 Å². The van der Waals surface area contributed by atoms with Crippen LogP contribution < -0.4 is 10.6 Å². The molecule has 0 spiro atoms. The molecule has 4 heteroatoms. The fourth-order valence-corrected chi connectivity index (χ4v) is 3.16. The molecule has 0 saturated carbocycles. The summed E-state index contributed by atoms with van der Waals surface area (Å²) in [6.45, 7) is 4.35. The average molecular weight is 274 g/mol. The first-order chi connectivity index (χ1) is 9.68. The first-order valence-electron chi connectivity index (χ1n) is 7.41. The van der Waals surface area contributed by atoms with E-state index in [1.807, 2.05) is 24.3 Å². The van der Waals surface area contributed by atoms with E-state index in [0.717, 1.165) is 43.7 Å². The first-order valence-corrected chi connectivity index (χ1v) is 7.41. The molecule has 0 radical (unpaired) electrons. The first kappa shape index (κ1) is 13.4. The van der Waals surface area contributed by atoms with E-state index < -0.39 is 0 Å². The minimum atomic E-state index is -0.213. The van der Waals surface area contributed by atoms with Crippen molar-refractivity contribution in [1.82, 2.24) is 5.32 Å². The number of nitrogens with one attached hydrogen (secondary N) is 2. The second-order valence-corrected chi connectivity index (χ2v) is 6.06. The van der Waals surface area contributed by atoms with Crippen LogP contribution in [0.3, 0.4) is 0 Å². The fourth-order valence-electron chi connectivity index (χ4n) is 3.16. The summed E-state index contributed by atoms with van der Waals surface area (Å²) in [5.41, 5.74) is 1.98. The number of hydrogen-bond donors (Lipinski definition) is 2. The Morgan fingerprint density at radius 1 is 1.45 bits per heavy atom.